The van der Waals surface area contributed by atoms with Gasteiger partial charge in [-0.1, -0.05) is 45.7 Å². The first-order valence-electron chi connectivity index (χ1n) is 6.26. The molecule has 20 heavy (non-hydrogen) atoms. The fraction of sp³-hybridized carbons (Fsp3) is 0.125. The zero-order chi connectivity index (χ0) is 14.3. The summed E-state index contributed by atoms with van der Waals surface area (Å²) in [6.45, 7) is 2.02. The molecule has 2 aromatic carbocycles. The molecule has 4 heteroatoms. The molecule has 0 aliphatic carbocycles. The molecule has 1 unspecified atom stereocenters. The third-order valence-corrected chi connectivity index (χ3v) is 4.30. The van der Waals surface area contributed by atoms with Crippen LogP contribution in [0.1, 0.15) is 22.9 Å². The molecule has 2 nitrogen and oxygen atoms in total. The summed E-state index contributed by atoms with van der Waals surface area (Å²) in [7, 11) is 0. The Morgan fingerprint density at radius 2 is 1.95 bits per heavy atom. The molecule has 0 aliphatic rings. The van der Waals surface area contributed by atoms with E-state index in [1.165, 1.54) is 0 Å². The summed E-state index contributed by atoms with van der Waals surface area (Å²) in [4.78, 5) is 0. The second-order valence-corrected chi connectivity index (χ2v) is 6.05. The van der Waals surface area contributed by atoms with Gasteiger partial charge in [0.1, 0.15) is 11.3 Å². The van der Waals surface area contributed by atoms with Crippen LogP contribution in [0.3, 0.4) is 0 Å². The van der Waals surface area contributed by atoms with E-state index in [1.807, 2.05) is 49.4 Å². The van der Waals surface area contributed by atoms with Gasteiger partial charge in [0.15, 0.2) is 0 Å². The lowest BCUT2D eigenvalue weighted by molar-refractivity contribution is 0.521. The Morgan fingerprint density at radius 1 is 1.20 bits per heavy atom. The van der Waals surface area contributed by atoms with Crippen molar-refractivity contribution in [2.45, 2.75) is 13.0 Å². The Morgan fingerprint density at radius 3 is 2.70 bits per heavy atom. The summed E-state index contributed by atoms with van der Waals surface area (Å²) < 4.78 is 6.94. The van der Waals surface area contributed by atoms with E-state index >= 15 is 0 Å². The van der Waals surface area contributed by atoms with Gasteiger partial charge in [-0.2, -0.15) is 0 Å². The van der Waals surface area contributed by atoms with Gasteiger partial charge >= 0.3 is 0 Å². The summed E-state index contributed by atoms with van der Waals surface area (Å²) in [6.07, 6.45) is 0. The highest BCUT2D eigenvalue weighted by molar-refractivity contribution is 9.10. The molecule has 3 rings (SSSR count). The van der Waals surface area contributed by atoms with Crippen LogP contribution in [0.2, 0.25) is 5.02 Å². The van der Waals surface area contributed by atoms with Crippen LogP contribution in [-0.4, -0.2) is 0 Å². The maximum atomic E-state index is 6.33. The fourth-order valence-electron chi connectivity index (χ4n) is 2.38. The van der Waals surface area contributed by atoms with Crippen molar-refractivity contribution in [1.29, 1.82) is 0 Å². The average molecular weight is 351 g/mol. The molecular formula is C16H13BrClNO. The lowest BCUT2D eigenvalue weighted by atomic mass is 10.0. The highest BCUT2D eigenvalue weighted by Gasteiger charge is 2.20. The van der Waals surface area contributed by atoms with Crippen molar-refractivity contribution in [3.63, 3.8) is 0 Å². The van der Waals surface area contributed by atoms with Gasteiger partial charge in [0.25, 0.3) is 0 Å². The third-order valence-electron chi connectivity index (χ3n) is 3.46. The van der Waals surface area contributed by atoms with Crippen molar-refractivity contribution in [2.75, 3.05) is 0 Å². The first kappa shape index (κ1) is 13.7. The lowest BCUT2D eigenvalue weighted by Gasteiger charge is -2.12. The number of fused-ring (bicyclic) bond motifs is 1. The van der Waals surface area contributed by atoms with Gasteiger partial charge < -0.3 is 10.2 Å². The average Bonchev–Trinajstić information content (AvgIpc) is 2.76. The van der Waals surface area contributed by atoms with E-state index in [9.17, 15) is 0 Å². The fourth-order valence-corrected chi connectivity index (χ4v) is 2.99. The van der Waals surface area contributed by atoms with E-state index in [0.717, 1.165) is 32.3 Å². The first-order chi connectivity index (χ1) is 9.58. The normalized spacial score (nSPS) is 12.8. The van der Waals surface area contributed by atoms with Crippen LogP contribution in [0, 0.1) is 6.92 Å². The molecule has 0 spiro atoms. The molecule has 102 valence electrons. The molecule has 1 atom stereocenters. The molecule has 0 amide bonds. The Labute approximate surface area is 130 Å². The van der Waals surface area contributed by atoms with Gasteiger partial charge in [0.05, 0.1) is 6.04 Å². The molecule has 3 aromatic rings. The molecule has 0 aliphatic heterocycles. The summed E-state index contributed by atoms with van der Waals surface area (Å²) in [5.41, 5.74) is 9.09. The summed E-state index contributed by atoms with van der Waals surface area (Å²) in [5, 5.41) is 1.72. The van der Waals surface area contributed by atoms with E-state index in [4.69, 9.17) is 21.8 Å². The molecule has 1 heterocycles. The number of benzene rings is 2. The summed E-state index contributed by atoms with van der Waals surface area (Å²) in [5.74, 6) is 0.756. The first-order valence-corrected chi connectivity index (χ1v) is 7.43. The predicted octanol–water partition coefficient (Wildman–Crippen LogP) is 5.21. The van der Waals surface area contributed by atoms with Crippen molar-refractivity contribution < 1.29 is 4.42 Å². The molecule has 2 N–H and O–H groups in total. The number of nitrogens with two attached hydrogens (primary N) is 1. The van der Waals surface area contributed by atoms with E-state index in [0.29, 0.717) is 5.02 Å². The number of hydrogen-bond acceptors (Lipinski definition) is 2. The van der Waals surface area contributed by atoms with Crippen molar-refractivity contribution in [1.82, 2.24) is 0 Å². The minimum atomic E-state index is -0.366. The minimum Gasteiger partial charge on any atom is -0.459 e. The Bertz CT molecular complexity index is 781. The van der Waals surface area contributed by atoms with Gasteiger partial charge in [-0.05, 0) is 36.8 Å². The van der Waals surface area contributed by atoms with Gasteiger partial charge in [-0.25, -0.2) is 0 Å². The minimum absolute atomic E-state index is 0.366. The van der Waals surface area contributed by atoms with Crippen molar-refractivity contribution in [3.8, 4) is 0 Å². The van der Waals surface area contributed by atoms with Gasteiger partial charge in [0, 0.05) is 20.4 Å². The molecule has 0 bridgehead atoms. The van der Waals surface area contributed by atoms with Gasteiger partial charge in [-0.3, -0.25) is 0 Å². The molecule has 0 fully saturated rings. The monoisotopic (exact) mass is 349 g/mol. The van der Waals surface area contributed by atoms with Crippen LogP contribution in [0.5, 0.6) is 0 Å². The van der Waals surface area contributed by atoms with Crippen molar-refractivity contribution in [3.05, 3.63) is 68.8 Å². The highest BCUT2D eigenvalue weighted by atomic mass is 79.9. The number of furan rings is 1. The second-order valence-electron chi connectivity index (χ2n) is 4.73. The molecular weight excluding hydrogens is 338 g/mol. The number of aryl methyl sites for hydroxylation is 1. The highest BCUT2D eigenvalue weighted by Crippen LogP contribution is 2.34. The maximum absolute atomic E-state index is 6.33. The van der Waals surface area contributed by atoms with Crippen LogP contribution in [0.25, 0.3) is 11.0 Å². The Kier molecular flexibility index (Phi) is 3.59. The van der Waals surface area contributed by atoms with E-state index in [1.54, 1.807) is 0 Å². The summed E-state index contributed by atoms with van der Waals surface area (Å²) in [6, 6.07) is 13.1. The van der Waals surface area contributed by atoms with Crippen LogP contribution in [-0.2, 0) is 0 Å². The molecule has 0 radical (unpaired) electrons. The van der Waals surface area contributed by atoms with Crippen LogP contribution >= 0.6 is 27.5 Å². The predicted molar refractivity (Wildman–Crippen MR) is 86.1 cm³/mol. The SMILES string of the molecule is Cc1c(C(N)c2ccccc2Cl)oc2ccc(Br)cc12. The topological polar surface area (TPSA) is 39.2 Å². The zero-order valence-corrected chi connectivity index (χ0v) is 13.2. The smallest absolute Gasteiger partial charge is 0.134 e. The second kappa shape index (κ2) is 5.24. The number of hydrogen-bond donors (Lipinski definition) is 1. The Balaban J connectivity index is 2.15. The van der Waals surface area contributed by atoms with Crippen LogP contribution in [0.4, 0.5) is 0 Å². The lowest BCUT2D eigenvalue weighted by Crippen LogP contribution is -2.12. The molecule has 0 saturated heterocycles. The van der Waals surface area contributed by atoms with Crippen molar-refractivity contribution in [2.24, 2.45) is 5.73 Å². The van der Waals surface area contributed by atoms with E-state index in [2.05, 4.69) is 15.9 Å². The van der Waals surface area contributed by atoms with Crippen molar-refractivity contribution >= 4 is 38.5 Å². The zero-order valence-electron chi connectivity index (χ0n) is 10.9. The van der Waals surface area contributed by atoms with E-state index in [-0.39, 0.29) is 6.04 Å². The van der Waals surface area contributed by atoms with Gasteiger partial charge in [0.2, 0.25) is 0 Å². The molecule has 1 aromatic heterocycles. The quantitative estimate of drug-likeness (QED) is 0.689. The standard InChI is InChI=1S/C16H13BrClNO/c1-9-12-8-10(17)6-7-14(12)20-16(9)15(19)11-4-2-3-5-13(11)18/h2-8,15H,19H2,1H3. The Hall–Kier alpha value is -1.29. The maximum Gasteiger partial charge on any atom is 0.134 e. The third kappa shape index (κ3) is 2.26. The molecule has 0 saturated carbocycles. The van der Waals surface area contributed by atoms with Gasteiger partial charge in [-0.15, -0.1) is 0 Å². The number of rotatable bonds is 2. The summed E-state index contributed by atoms with van der Waals surface area (Å²) >= 11 is 9.69. The van der Waals surface area contributed by atoms with Crippen LogP contribution < -0.4 is 5.73 Å². The van der Waals surface area contributed by atoms with E-state index < -0.39 is 0 Å². The largest absolute Gasteiger partial charge is 0.459 e. The van der Waals surface area contributed by atoms with Crippen LogP contribution in [0.15, 0.2) is 51.4 Å². The number of halogens is 2.